The summed E-state index contributed by atoms with van der Waals surface area (Å²) < 4.78 is 5.15. The van der Waals surface area contributed by atoms with Gasteiger partial charge in [-0.1, -0.05) is 12.1 Å². The van der Waals surface area contributed by atoms with Crippen LogP contribution in [0.2, 0.25) is 0 Å². The van der Waals surface area contributed by atoms with Crippen molar-refractivity contribution < 1.29 is 9.53 Å². The first-order valence-electron chi connectivity index (χ1n) is 6.41. The van der Waals surface area contributed by atoms with Crippen LogP contribution in [0.4, 0.5) is 5.00 Å². The fourth-order valence-corrected chi connectivity index (χ4v) is 3.42. The molecule has 0 bridgehead atoms. The lowest BCUT2D eigenvalue weighted by molar-refractivity contribution is 0.0936. The molecule has 1 aromatic carbocycles. The molecule has 0 saturated carbocycles. The molecule has 1 aliphatic rings. The Balaban J connectivity index is 1.92. The quantitative estimate of drug-likeness (QED) is 0.892. The van der Waals surface area contributed by atoms with Crippen molar-refractivity contribution in [3.63, 3.8) is 0 Å². The minimum Gasteiger partial charge on any atom is -0.497 e. The number of carbonyl (C=O) groups excluding carboxylic acids is 1. The van der Waals surface area contributed by atoms with E-state index in [4.69, 9.17) is 4.74 Å². The maximum absolute atomic E-state index is 12.3. The molecule has 2 aromatic rings. The number of ether oxygens (including phenoxy) is 1. The minimum absolute atomic E-state index is 0.0126. The molecule has 1 unspecified atom stereocenters. The molecule has 20 heavy (non-hydrogen) atoms. The topological polar surface area (TPSA) is 50.4 Å². The highest BCUT2D eigenvalue weighted by molar-refractivity contribution is 7.16. The monoisotopic (exact) mass is 288 g/mol. The van der Waals surface area contributed by atoms with Gasteiger partial charge in [-0.05, 0) is 37.1 Å². The van der Waals surface area contributed by atoms with Gasteiger partial charge in [0.1, 0.15) is 16.9 Å². The van der Waals surface area contributed by atoms with E-state index in [-0.39, 0.29) is 12.1 Å². The summed E-state index contributed by atoms with van der Waals surface area (Å²) in [5, 5.41) is 7.33. The zero-order valence-corrected chi connectivity index (χ0v) is 12.4. The number of fused-ring (bicyclic) bond motifs is 1. The second-order valence-electron chi connectivity index (χ2n) is 4.81. The smallest absolute Gasteiger partial charge is 0.256 e. The molecule has 1 atom stereocenters. The summed E-state index contributed by atoms with van der Waals surface area (Å²) in [6.07, 6.45) is -0.196. The average molecular weight is 288 g/mol. The van der Waals surface area contributed by atoms with Crippen LogP contribution in [0, 0.1) is 13.8 Å². The lowest BCUT2D eigenvalue weighted by Crippen LogP contribution is -2.38. The van der Waals surface area contributed by atoms with Gasteiger partial charge in [0.05, 0.1) is 12.7 Å². The summed E-state index contributed by atoms with van der Waals surface area (Å²) in [6.45, 7) is 4.02. The predicted molar refractivity (Wildman–Crippen MR) is 80.6 cm³/mol. The third-order valence-corrected chi connectivity index (χ3v) is 4.75. The van der Waals surface area contributed by atoms with Crippen LogP contribution in [-0.4, -0.2) is 13.0 Å². The third-order valence-electron chi connectivity index (χ3n) is 3.61. The van der Waals surface area contributed by atoms with Crippen molar-refractivity contribution in [3.8, 4) is 5.75 Å². The molecule has 0 radical (unpaired) electrons. The van der Waals surface area contributed by atoms with Gasteiger partial charge in [0.15, 0.2) is 0 Å². The Labute approximate surface area is 121 Å². The Morgan fingerprint density at radius 2 is 1.85 bits per heavy atom. The van der Waals surface area contributed by atoms with Gasteiger partial charge < -0.3 is 15.4 Å². The molecule has 5 heteroatoms. The first-order chi connectivity index (χ1) is 9.60. The van der Waals surface area contributed by atoms with Crippen molar-refractivity contribution in [1.82, 2.24) is 5.32 Å². The molecule has 2 heterocycles. The number of aryl methyl sites for hydroxylation is 1. The van der Waals surface area contributed by atoms with Crippen molar-refractivity contribution >= 4 is 22.2 Å². The summed E-state index contributed by atoms with van der Waals surface area (Å²) in [5.41, 5.74) is 2.84. The number of hydrogen-bond donors (Lipinski definition) is 2. The second-order valence-corrected chi connectivity index (χ2v) is 6.04. The van der Waals surface area contributed by atoms with E-state index in [1.807, 2.05) is 38.1 Å². The molecule has 0 fully saturated rings. The molecule has 2 N–H and O–H groups in total. The van der Waals surface area contributed by atoms with Gasteiger partial charge in [-0.3, -0.25) is 4.79 Å². The number of methoxy groups -OCH3 is 1. The van der Waals surface area contributed by atoms with Gasteiger partial charge in [0.2, 0.25) is 0 Å². The van der Waals surface area contributed by atoms with Crippen LogP contribution in [0.3, 0.4) is 0 Å². The van der Waals surface area contributed by atoms with Crippen molar-refractivity contribution in [2.75, 3.05) is 12.4 Å². The lowest BCUT2D eigenvalue weighted by atomic mass is 10.1. The molecule has 104 valence electrons. The number of nitrogens with one attached hydrogen (secondary N) is 2. The van der Waals surface area contributed by atoms with Crippen molar-refractivity contribution in [1.29, 1.82) is 0 Å². The van der Waals surface area contributed by atoms with Crippen molar-refractivity contribution in [2.45, 2.75) is 20.0 Å². The molecular weight excluding hydrogens is 272 g/mol. The summed E-state index contributed by atoms with van der Waals surface area (Å²) in [4.78, 5) is 13.4. The summed E-state index contributed by atoms with van der Waals surface area (Å²) >= 11 is 1.63. The van der Waals surface area contributed by atoms with Gasteiger partial charge in [0, 0.05) is 4.88 Å². The Morgan fingerprint density at radius 3 is 2.50 bits per heavy atom. The maximum atomic E-state index is 12.3. The minimum atomic E-state index is -0.196. The average Bonchev–Trinajstić information content (AvgIpc) is 2.74. The van der Waals surface area contributed by atoms with Gasteiger partial charge in [-0.2, -0.15) is 0 Å². The Hall–Kier alpha value is -2.01. The summed E-state index contributed by atoms with van der Waals surface area (Å²) in [6, 6.07) is 7.69. The van der Waals surface area contributed by atoms with Crippen LogP contribution < -0.4 is 15.4 Å². The molecule has 1 aromatic heterocycles. The van der Waals surface area contributed by atoms with E-state index in [9.17, 15) is 4.79 Å². The van der Waals surface area contributed by atoms with E-state index in [0.717, 1.165) is 27.4 Å². The van der Waals surface area contributed by atoms with Crippen molar-refractivity contribution in [2.24, 2.45) is 0 Å². The first-order valence-corrected chi connectivity index (χ1v) is 7.23. The van der Waals surface area contributed by atoms with Crippen LogP contribution >= 0.6 is 11.3 Å². The van der Waals surface area contributed by atoms with E-state index < -0.39 is 0 Å². The van der Waals surface area contributed by atoms with E-state index in [1.165, 1.54) is 4.88 Å². The van der Waals surface area contributed by atoms with E-state index in [2.05, 4.69) is 10.6 Å². The molecule has 0 aliphatic carbocycles. The fourth-order valence-electron chi connectivity index (χ4n) is 2.34. The number of amides is 1. The van der Waals surface area contributed by atoms with Crippen LogP contribution in [-0.2, 0) is 0 Å². The van der Waals surface area contributed by atoms with E-state index >= 15 is 0 Å². The zero-order chi connectivity index (χ0) is 14.3. The number of carbonyl (C=O) groups is 1. The zero-order valence-electron chi connectivity index (χ0n) is 11.6. The summed E-state index contributed by atoms with van der Waals surface area (Å²) in [5.74, 6) is 0.792. The standard InChI is InChI=1S/C15H16N2O2S/c1-8-9(2)20-15-12(8)14(18)16-13(17-15)10-4-6-11(19-3)7-5-10/h4-7,13,17H,1-3H3,(H,16,18). The SMILES string of the molecule is COc1ccc(C2NC(=O)c3c(sc(C)c3C)N2)cc1. The molecule has 3 rings (SSSR count). The van der Waals surface area contributed by atoms with Crippen LogP contribution in [0.5, 0.6) is 5.75 Å². The predicted octanol–water partition coefficient (Wildman–Crippen LogP) is 3.23. The third kappa shape index (κ3) is 2.04. The molecular formula is C15H16N2O2S. The van der Waals surface area contributed by atoms with E-state index in [0.29, 0.717) is 0 Å². The maximum Gasteiger partial charge on any atom is 0.256 e. The Morgan fingerprint density at radius 1 is 1.15 bits per heavy atom. The number of rotatable bonds is 2. The highest BCUT2D eigenvalue weighted by Gasteiger charge is 2.28. The molecule has 0 spiro atoms. The van der Waals surface area contributed by atoms with Crippen LogP contribution in [0.1, 0.15) is 32.5 Å². The van der Waals surface area contributed by atoms with Crippen LogP contribution in [0.15, 0.2) is 24.3 Å². The molecule has 0 saturated heterocycles. The van der Waals surface area contributed by atoms with Gasteiger partial charge in [-0.25, -0.2) is 0 Å². The van der Waals surface area contributed by atoms with Gasteiger partial charge in [0.25, 0.3) is 5.91 Å². The Kier molecular flexibility index (Phi) is 3.14. The molecule has 1 amide bonds. The second kappa shape index (κ2) is 4.83. The highest BCUT2D eigenvalue weighted by Crippen LogP contribution is 2.37. The summed E-state index contributed by atoms with van der Waals surface area (Å²) in [7, 11) is 1.64. The first kappa shape index (κ1) is 13.0. The van der Waals surface area contributed by atoms with Crippen molar-refractivity contribution in [3.05, 3.63) is 45.8 Å². The number of thiophene rings is 1. The molecule has 1 aliphatic heterocycles. The highest BCUT2D eigenvalue weighted by atomic mass is 32.1. The Bertz CT molecular complexity index is 661. The van der Waals surface area contributed by atoms with Gasteiger partial charge >= 0.3 is 0 Å². The number of hydrogen-bond acceptors (Lipinski definition) is 4. The largest absolute Gasteiger partial charge is 0.497 e. The fraction of sp³-hybridized carbons (Fsp3) is 0.267. The van der Waals surface area contributed by atoms with Gasteiger partial charge in [-0.15, -0.1) is 11.3 Å². The number of benzene rings is 1. The lowest BCUT2D eigenvalue weighted by Gasteiger charge is -2.26. The van der Waals surface area contributed by atoms with Crippen LogP contribution in [0.25, 0.3) is 0 Å². The normalized spacial score (nSPS) is 17.1. The molecule has 4 nitrogen and oxygen atoms in total. The number of anilines is 1. The van der Waals surface area contributed by atoms with E-state index in [1.54, 1.807) is 18.4 Å².